The summed E-state index contributed by atoms with van der Waals surface area (Å²) in [6.45, 7) is 2.23. The van der Waals surface area contributed by atoms with Gasteiger partial charge in [0.1, 0.15) is 5.82 Å². The first kappa shape index (κ1) is 17.9. The Morgan fingerprint density at radius 1 is 0.857 bits per heavy atom. The Labute approximate surface area is 162 Å². The molecule has 2 heterocycles. The van der Waals surface area contributed by atoms with E-state index in [-0.39, 0.29) is 11.7 Å². The Hall–Kier alpha value is -3.48. The van der Waals surface area contributed by atoms with Crippen LogP contribution in [0.25, 0.3) is 0 Å². The van der Waals surface area contributed by atoms with Gasteiger partial charge in [-0.25, -0.2) is 4.39 Å². The van der Waals surface area contributed by atoms with Crippen molar-refractivity contribution in [2.75, 3.05) is 28.6 Å². The van der Waals surface area contributed by atoms with Crippen LogP contribution in [0, 0.1) is 5.82 Å². The maximum atomic E-state index is 12.9. The normalized spacial score (nSPS) is 13.4. The summed E-state index contributed by atoms with van der Waals surface area (Å²) in [6.07, 6.45) is 2.50. The first-order valence-electron chi connectivity index (χ1n) is 9.20. The first-order chi connectivity index (χ1) is 13.7. The maximum absolute atomic E-state index is 12.9. The minimum absolute atomic E-state index is 0.323. The fourth-order valence-electron chi connectivity index (χ4n) is 3.13. The highest BCUT2D eigenvalue weighted by Crippen LogP contribution is 2.23. The zero-order valence-corrected chi connectivity index (χ0v) is 15.2. The molecule has 1 aliphatic rings. The van der Waals surface area contributed by atoms with Gasteiger partial charge in [-0.1, -0.05) is 0 Å². The minimum Gasteiger partial charge on any atom is -0.372 e. The number of rotatable bonds is 5. The molecule has 1 amide bonds. The van der Waals surface area contributed by atoms with Crippen LogP contribution in [0.2, 0.25) is 0 Å². The maximum Gasteiger partial charge on any atom is 0.256 e. The van der Waals surface area contributed by atoms with Crippen LogP contribution in [-0.4, -0.2) is 29.2 Å². The van der Waals surface area contributed by atoms with Gasteiger partial charge in [0.15, 0.2) is 11.6 Å². The standard InChI is InChI=1S/C21H20FN5O/c22-16-5-3-15(4-6-16)21(28)24-20-12-11-19(25-26-20)23-17-7-9-18(10-8-17)27-13-1-2-14-27/h3-12H,1-2,13-14H2,(H,23,25)(H,24,26,28). The van der Waals surface area contributed by atoms with Crippen molar-refractivity contribution in [1.29, 1.82) is 0 Å². The molecule has 28 heavy (non-hydrogen) atoms. The van der Waals surface area contributed by atoms with E-state index in [1.165, 1.54) is 42.8 Å². The van der Waals surface area contributed by atoms with Crippen LogP contribution in [0.1, 0.15) is 23.2 Å². The smallest absolute Gasteiger partial charge is 0.256 e. The van der Waals surface area contributed by atoms with Crippen LogP contribution in [0.15, 0.2) is 60.7 Å². The summed E-state index contributed by atoms with van der Waals surface area (Å²) in [6, 6.07) is 16.9. The lowest BCUT2D eigenvalue weighted by Crippen LogP contribution is -2.17. The third-order valence-electron chi connectivity index (χ3n) is 4.62. The third kappa shape index (κ3) is 4.25. The highest BCUT2D eigenvalue weighted by atomic mass is 19.1. The Balaban J connectivity index is 1.36. The molecule has 0 saturated carbocycles. The number of nitrogens with zero attached hydrogens (tertiary/aromatic N) is 3. The van der Waals surface area contributed by atoms with E-state index in [4.69, 9.17) is 0 Å². The number of benzene rings is 2. The van der Waals surface area contributed by atoms with E-state index < -0.39 is 0 Å². The van der Waals surface area contributed by atoms with Crippen molar-refractivity contribution in [2.45, 2.75) is 12.8 Å². The second-order valence-electron chi connectivity index (χ2n) is 6.63. The predicted octanol–water partition coefficient (Wildman–Crippen LogP) is 4.21. The van der Waals surface area contributed by atoms with Crippen molar-refractivity contribution in [1.82, 2.24) is 10.2 Å². The number of aromatic nitrogens is 2. The van der Waals surface area contributed by atoms with Crippen molar-refractivity contribution in [3.63, 3.8) is 0 Å². The molecule has 3 aromatic rings. The van der Waals surface area contributed by atoms with Gasteiger partial charge in [-0.05, 0) is 73.5 Å². The molecule has 0 bridgehead atoms. The molecule has 4 rings (SSSR count). The van der Waals surface area contributed by atoms with Gasteiger partial charge in [-0.15, -0.1) is 10.2 Å². The van der Waals surface area contributed by atoms with Crippen molar-refractivity contribution in [3.8, 4) is 0 Å². The van der Waals surface area contributed by atoms with Crippen LogP contribution in [0.4, 0.5) is 27.4 Å². The van der Waals surface area contributed by atoms with Gasteiger partial charge >= 0.3 is 0 Å². The summed E-state index contributed by atoms with van der Waals surface area (Å²) in [5.41, 5.74) is 2.50. The lowest BCUT2D eigenvalue weighted by atomic mass is 10.2. The van der Waals surface area contributed by atoms with Crippen LogP contribution in [-0.2, 0) is 0 Å². The molecular formula is C21H20FN5O. The number of anilines is 4. The van der Waals surface area contributed by atoms with E-state index >= 15 is 0 Å². The van der Waals surface area contributed by atoms with Crippen molar-refractivity contribution >= 4 is 28.9 Å². The summed E-state index contributed by atoms with van der Waals surface area (Å²) < 4.78 is 12.9. The van der Waals surface area contributed by atoms with Crippen LogP contribution >= 0.6 is 0 Å². The second kappa shape index (κ2) is 8.04. The van der Waals surface area contributed by atoms with Gasteiger partial charge in [0, 0.05) is 30.0 Å². The zero-order valence-electron chi connectivity index (χ0n) is 15.2. The molecule has 0 unspecified atom stereocenters. The fraction of sp³-hybridized carbons (Fsp3) is 0.190. The summed E-state index contributed by atoms with van der Waals surface area (Å²) in [5.74, 6) is 0.144. The number of hydrogen-bond donors (Lipinski definition) is 2. The van der Waals surface area contributed by atoms with Crippen molar-refractivity contribution < 1.29 is 9.18 Å². The molecule has 1 saturated heterocycles. The van der Waals surface area contributed by atoms with Crippen molar-refractivity contribution in [3.05, 3.63) is 72.0 Å². The molecule has 2 aromatic carbocycles. The number of hydrogen-bond acceptors (Lipinski definition) is 5. The van der Waals surface area contributed by atoms with Gasteiger partial charge in [0.2, 0.25) is 0 Å². The molecule has 0 aliphatic carbocycles. The average Bonchev–Trinajstić information content (AvgIpc) is 3.25. The van der Waals surface area contributed by atoms with Crippen LogP contribution in [0.5, 0.6) is 0 Å². The molecule has 1 fully saturated rings. The highest BCUT2D eigenvalue weighted by molar-refractivity contribution is 6.03. The quantitative estimate of drug-likeness (QED) is 0.697. The summed E-state index contributed by atoms with van der Waals surface area (Å²) in [4.78, 5) is 14.5. The SMILES string of the molecule is O=C(Nc1ccc(Nc2ccc(N3CCCC3)cc2)nn1)c1ccc(F)cc1. The number of carbonyl (C=O) groups excluding carboxylic acids is 1. The lowest BCUT2D eigenvalue weighted by Gasteiger charge is -2.17. The van der Waals surface area contributed by atoms with Gasteiger partial charge in [-0.3, -0.25) is 4.79 Å². The van der Waals surface area contributed by atoms with Crippen LogP contribution < -0.4 is 15.5 Å². The van der Waals surface area contributed by atoms with Gasteiger partial charge in [-0.2, -0.15) is 0 Å². The Kier molecular flexibility index (Phi) is 5.14. The van der Waals surface area contributed by atoms with Gasteiger partial charge in [0.25, 0.3) is 5.91 Å². The van der Waals surface area contributed by atoms with Gasteiger partial charge in [0.05, 0.1) is 0 Å². The monoisotopic (exact) mass is 377 g/mol. The largest absolute Gasteiger partial charge is 0.372 e. The van der Waals surface area contributed by atoms with E-state index in [0.29, 0.717) is 17.2 Å². The number of amides is 1. The highest BCUT2D eigenvalue weighted by Gasteiger charge is 2.12. The van der Waals surface area contributed by atoms with E-state index in [0.717, 1.165) is 18.8 Å². The van der Waals surface area contributed by atoms with E-state index in [1.54, 1.807) is 12.1 Å². The molecule has 142 valence electrons. The Bertz CT molecular complexity index is 936. The number of halogens is 1. The fourth-order valence-corrected chi connectivity index (χ4v) is 3.13. The number of nitrogens with one attached hydrogen (secondary N) is 2. The second-order valence-corrected chi connectivity index (χ2v) is 6.63. The summed E-state index contributed by atoms with van der Waals surface area (Å²) in [5, 5.41) is 13.9. The van der Waals surface area contributed by atoms with E-state index in [2.05, 4.69) is 37.9 Å². The third-order valence-corrected chi connectivity index (χ3v) is 4.62. The molecule has 7 heteroatoms. The van der Waals surface area contributed by atoms with Crippen molar-refractivity contribution in [2.24, 2.45) is 0 Å². The molecule has 2 N–H and O–H groups in total. The minimum atomic E-state index is -0.389. The predicted molar refractivity (Wildman–Crippen MR) is 108 cm³/mol. The molecule has 0 spiro atoms. The topological polar surface area (TPSA) is 70.2 Å². The Morgan fingerprint density at radius 2 is 1.50 bits per heavy atom. The molecule has 1 aromatic heterocycles. The Morgan fingerprint density at radius 3 is 2.14 bits per heavy atom. The van der Waals surface area contributed by atoms with E-state index in [9.17, 15) is 9.18 Å². The molecular weight excluding hydrogens is 357 g/mol. The lowest BCUT2D eigenvalue weighted by molar-refractivity contribution is 0.102. The molecule has 1 aliphatic heterocycles. The zero-order chi connectivity index (χ0) is 19.3. The summed E-state index contributed by atoms with van der Waals surface area (Å²) in [7, 11) is 0. The van der Waals surface area contributed by atoms with Gasteiger partial charge < -0.3 is 15.5 Å². The molecule has 0 atom stereocenters. The molecule has 0 radical (unpaired) electrons. The molecule has 6 nitrogen and oxygen atoms in total. The van der Waals surface area contributed by atoms with Crippen LogP contribution in [0.3, 0.4) is 0 Å². The van der Waals surface area contributed by atoms with E-state index in [1.807, 2.05) is 12.1 Å². The first-order valence-corrected chi connectivity index (χ1v) is 9.20. The average molecular weight is 377 g/mol. The number of carbonyl (C=O) groups is 1. The summed E-state index contributed by atoms with van der Waals surface area (Å²) >= 11 is 0.